The van der Waals surface area contributed by atoms with Crippen molar-refractivity contribution in [1.82, 2.24) is 19.3 Å². The Balaban J connectivity index is 2.26. The lowest BCUT2D eigenvalue weighted by atomic mass is 10.0. The molecule has 1 aliphatic rings. The van der Waals surface area contributed by atoms with Gasteiger partial charge < -0.3 is 9.26 Å². The van der Waals surface area contributed by atoms with Crippen LogP contribution in [-0.2, 0) is 35.5 Å². The minimum atomic E-state index is -0.668. The molecule has 128 valence electrons. The summed E-state index contributed by atoms with van der Waals surface area (Å²) in [6.45, 7) is 1.90. The maximum absolute atomic E-state index is 12.8. The number of methoxy groups -OCH3 is 1. The molecule has 0 saturated heterocycles. The van der Waals surface area contributed by atoms with E-state index in [1.165, 1.54) is 11.7 Å². The molecule has 0 aliphatic carbocycles. The first-order valence-electron chi connectivity index (χ1n) is 7.83. The maximum atomic E-state index is 12.8. The lowest BCUT2D eigenvalue weighted by Crippen LogP contribution is -2.45. The van der Waals surface area contributed by atoms with Crippen LogP contribution in [0.5, 0.6) is 0 Å². The van der Waals surface area contributed by atoms with Crippen LogP contribution in [0.3, 0.4) is 0 Å². The Morgan fingerprint density at radius 3 is 2.79 bits per heavy atom. The van der Waals surface area contributed by atoms with Gasteiger partial charge in [0.25, 0.3) is 5.56 Å². The molecule has 1 aliphatic heterocycles. The largest absolute Gasteiger partial charge is 0.468 e. The summed E-state index contributed by atoms with van der Waals surface area (Å²) in [6, 6.07) is 0. The highest BCUT2D eigenvalue weighted by Gasteiger charge is 2.26. The molecular formula is C15H18N4O5. The van der Waals surface area contributed by atoms with E-state index in [0.717, 1.165) is 17.4 Å². The monoisotopic (exact) mass is 334 g/mol. The van der Waals surface area contributed by atoms with Crippen molar-refractivity contribution in [2.75, 3.05) is 7.11 Å². The summed E-state index contributed by atoms with van der Waals surface area (Å²) < 4.78 is 12.1. The number of rotatable bonds is 4. The van der Waals surface area contributed by atoms with Gasteiger partial charge in [-0.2, -0.15) is 4.98 Å². The van der Waals surface area contributed by atoms with E-state index in [2.05, 4.69) is 14.9 Å². The zero-order valence-corrected chi connectivity index (χ0v) is 13.6. The van der Waals surface area contributed by atoms with Gasteiger partial charge in [0, 0.05) is 18.7 Å². The highest BCUT2D eigenvalue weighted by molar-refractivity contribution is 5.69. The first-order valence-corrected chi connectivity index (χ1v) is 7.83. The number of esters is 1. The average molecular weight is 334 g/mol. The topological polar surface area (TPSA) is 109 Å². The molecule has 9 heteroatoms. The summed E-state index contributed by atoms with van der Waals surface area (Å²) in [5.74, 6) is -0.107. The Morgan fingerprint density at radius 1 is 1.33 bits per heavy atom. The second-order valence-electron chi connectivity index (χ2n) is 5.55. The number of ether oxygens (including phenoxy) is 1. The van der Waals surface area contributed by atoms with Crippen LogP contribution < -0.4 is 11.2 Å². The van der Waals surface area contributed by atoms with E-state index in [1.807, 2.05) is 6.92 Å². The number of fused-ring (bicyclic) bond motifs is 1. The summed E-state index contributed by atoms with van der Waals surface area (Å²) in [7, 11) is 1.21. The molecule has 0 spiro atoms. The molecule has 2 aromatic heterocycles. The van der Waals surface area contributed by atoms with Gasteiger partial charge in [-0.1, -0.05) is 12.1 Å². The molecule has 3 rings (SSSR count). The number of carbonyl (C=O) groups excluding carboxylic acids is 1. The van der Waals surface area contributed by atoms with Crippen molar-refractivity contribution in [1.29, 1.82) is 0 Å². The molecule has 24 heavy (non-hydrogen) atoms. The van der Waals surface area contributed by atoms with E-state index in [1.54, 1.807) is 0 Å². The SMILES string of the molecule is CCc1nc(-c2c3n(c(=O)n(CC(=O)OC)c2=O)CCCC3)no1. The van der Waals surface area contributed by atoms with Crippen LogP contribution in [0, 0.1) is 0 Å². The van der Waals surface area contributed by atoms with E-state index >= 15 is 0 Å². The van der Waals surface area contributed by atoms with E-state index < -0.39 is 23.8 Å². The lowest BCUT2D eigenvalue weighted by molar-refractivity contribution is -0.141. The zero-order valence-electron chi connectivity index (χ0n) is 13.6. The van der Waals surface area contributed by atoms with E-state index in [0.29, 0.717) is 31.0 Å². The molecule has 0 saturated carbocycles. The van der Waals surface area contributed by atoms with E-state index in [9.17, 15) is 14.4 Å². The normalized spacial score (nSPS) is 13.6. The predicted octanol–water partition coefficient (Wildman–Crippen LogP) is 0.132. The molecule has 3 heterocycles. The van der Waals surface area contributed by atoms with Gasteiger partial charge in [0.1, 0.15) is 12.1 Å². The minimum Gasteiger partial charge on any atom is -0.468 e. The fourth-order valence-electron chi connectivity index (χ4n) is 2.85. The number of nitrogens with zero attached hydrogens (tertiary/aromatic N) is 4. The summed E-state index contributed by atoms with van der Waals surface area (Å²) in [5, 5.41) is 3.87. The van der Waals surface area contributed by atoms with Crippen LogP contribution >= 0.6 is 0 Å². The number of aromatic nitrogens is 4. The van der Waals surface area contributed by atoms with Gasteiger partial charge in [-0.05, 0) is 19.3 Å². The van der Waals surface area contributed by atoms with Crippen molar-refractivity contribution in [2.45, 2.75) is 45.7 Å². The van der Waals surface area contributed by atoms with Gasteiger partial charge in [-0.25, -0.2) is 9.36 Å². The van der Waals surface area contributed by atoms with Gasteiger partial charge in [0.15, 0.2) is 0 Å². The molecule has 0 fully saturated rings. The van der Waals surface area contributed by atoms with Crippen LogP contribution in [0.1, 0.15) is 31.4 Å². The summed E-state index contributed by atoms with van der Waals surface area (Å²) >= 11 is 0. The quantitative estimate of drug-likeness (QED) is 0.731. The van der Waals surface area contributed by atoms with Gasteiger partial charge in [-0.3, -0.25) is 14.2 Å². The van der Waals surface area contributed by atoms with Crippen LogP contribution in [0.25, 0.3) is 11.4 Å². The third-order valence-electron chi connectivity index (χ3n) is 4.09. The van der Waals surface area contributed by atoms with Gasteiger partial charge in [0.2, 0.25) is 11.7 Å². The second-order valence-corrected chi connectivity index (χ2v) is 5.55. The van der Waals surface area contributed by atoms with Crippen molar-refractivity contribution >= 4 is 5.97 Å². The van der Waals surface area contributed by atoms with Gasteiger partial charge in [0.05, 0.1) is 7.11 Å². The number of carbonyl (C=O) groups is 1. The standard InChI is InChI=1S/C15H18N4O5/c1-3-10-16-13(17-24-10)12-9-6-4-5-7-18(9)15(22)19(14(12)21)8-11(20)23-2/h3-8H2,1-2H3. The van der Waals surface area contributed by atoms with E-state index in [-0.39, 0.29) is 11.4 Å². The number of aryl methyl sites for hydroxylation is 1. The average Bonchev–Trinajstić information content (AvgIpc) is 3.07. The smallest absolute Gasteiger partial charge is 0.331 e. The van der Waals surface area contributed by atoms with Crippen molar-refractivity contribution < 1.29 is 14.1 Å². The van der Waals surface area contributed by atoms with Crippen LogP contribution in [0.2, 0.25) is 0 Å². The van der Waals surface area contributed by atoms with E-state index in [4.69, 9.17) is 4.52 Å². The molecule has 0 amide bonds. The van der Waals surface area contributed by atoms with Gasteiger partial charge in [-0.15, -0.1) is 0 Å². The highest BCUT2D eigenvalue weighted by Crippen LogP contribution is 2.21. The molecule has 9 nitrogen and oxygen atoms in total. The Hall–Kier alpha value is -2.71. The van der Waals surface area contributed by atoms with Crippen LogP contribution in [-0.4, -0.2) is 32.4 Å². The first-order chi connectivity index (χ1) is 11.6. The highest BCUT2D eigenvalue weighted by atomic mass is 16.5. The van der Waals surface area contributed by atoms with Crippen LogP contribution in [0.15, 0.2) is 14.1 Å². The van der Waals surface area contributed by atoms with Crippen molar-refractivity contribution in [2.24, 2.45) is 0 Å². The predicted molar refractivity (Wildman–Crippen MR) is 82.6 cm³/mol. The third kappa shape index (κ3) is 2.66. The molecule has 0 radical (unpaired) electrons. The number of hydrogen-bond donors (Lipinski definition) is 0. The third-order valence-corrected chi connectivity index (χ3v) is 4.09. The Bertz CT molecular complexity index is 892. The fourth-order valence-corrected chi connectivity index (χ4v) is 2.85. The molecule has 0 aromatic carbocycles. The molecular weight excluding hydrogens is 316 g/mol. The second kappa shape index (κ2) is 6.42. The first kappa shape index (κ1) is 16.2. The summed E-state index contributed by atoms with van der Waals surface area (Å²) in [4.78, 5) is 41.2. The van der Waals surface area contributed by atoms with Crippen molar-refractivity contribution in [3.63, 3.8) is 0 Å². The Labute approximate surface area is 136 Å². The zero-order chi connectivity index (χ0) is 17.3. The molecule has 0 N–H and O–H groups in total. The lowest BCUT2D eigenvalue weighted by Gasteiger charge is -2.21. The molecule has 0 atom stereocenters. The Kier molecular flexibility index (Phi) is 4.32. The molecule has 0 bridgehead atoms. The van der Waals surface area contributed by atoms with Gasteiger partial charge >= 0.3 is 11.7 Å². The van der Waals surface area contributed by atoms with Crippen molar-refractivity contribution in [3.05, 3.63) is 32.4 Å². The fraction of sp³-hybridized carbons (Fsp3) is 0.533. The number of hydrogen-bond acceptors (Lipinski definition) is 7. The molecule has 0 unspecified atom stereocenters. The summed E-state index contributed by atoms with van der Waals surface area (Å²) in [6.07, 6.45) is 2.81. The van der Waals surface area contributed by atoms with Crippen molar-refractivity contribution in [3.8, 4) is 11.4 Å². The van der Waals surface area contributed by atoms with Crippen LogP contribution in [0.4, 0.5) is 0 Å². The minimum absolute atomic E-state index is 0.154. The Morgan fingerprint density at radius 2 is 2.12 bits per heavy atom. The molecule has 2 aromatic rings. The summed E-state index contributed by atoms with van der Waals surface area (Å²) in [5.41, 5.74) is -0.285. The maximum Gasteiger partial charge on any atom is 0.331 e.